The Labute approximate surface area is 387 Å². The van der Waals surface area contributed by atoms with Gasteiger partial charge < -0.3 is 4.90 Å². The maximum Gasteiger partial charge on any atom is 0.144 e. The molecule has 1 aliphatic heterocycles. The van der Waals surface area contributed by atoms with Gasteiger partial charge in [-0.25, -0.2) is 54.8 Å². The highest BCUT2D eigenvalue weighted by atomic mass is 32.2. The molecule has 0 aliphatic carbocycles. The van der Waals surface area contributed by atoms with E-state index in [1.54, 1.807) is 143 Å². The summed E-state index contributed by atoms with van der Waals surface area (Å²) in [5, 5.41) is 33.2. The van der Waals surface area contributed by atoms with E-state index in [1.165, 1.54) is 0 Å². The maximum absolute atomic E-state index is 4.95. The molecule has 12 heterocycles. The topological polar surface area (TPSA) is 145 Å². The van der Waals surface area contributed by atoms with Crippen molar-refractivity contribution in [3.8, 4) is 96.3 Å². The quantitative estimate of drug-likeness (QED) is 0.121. The third-order valence-corrected chi connectivity index (χ3v) is 18.5. The normalized spacial score (nSPS) is 12.9. The smallest absolute Gasteiger partial charge is 0.144 e. The first-order chi connectivity index (χ1) is 29.6. The van der Waals surface area contributed by atoms with Crippen LogP contribution in [0.4, 0.5) is 5.82 Å². The molecule has 0 atom stereocenters. The summed E-state index contributed by atoms with van der Waals surface area (Å²) < 4.78 is 0. The number of anilines is 1. The van der Waals surface area contributed by atoms with Crippen LogP contribution in [0.25, 0.3) is 102 Å². The minimum absolute atomic E-state index is 0.820. The molecule has 292 valence electrons. The standard InChI is InChI=1S/C36H16N12S12/c1-2-51-27(37-1)16-3-52-28(39-16)17-4-53-29(40-17)18-5-54-30(41-18)19-6-55-31(42-19)20-7-56-32(43-20)21-8-57-33(44-21)22-9-58-34(45-22)23-10-59-35(46-23)24-11-60-36(47-24)25-12-50-15-48(25)26-13-49-14-38-26/h1-14H,15H2. The van der Waals surface area contributed by atoms with Gasteiger partial charge in [-0.15, -0.1) is 136 Å². The van der Waals surface area contributed by atoms with Crippen LogP contribution in [0.5, 0.6) is 0 Å². The number of thioether (sulfide) groups is 1. The Kier molecular flexibility index (Phi) is 9.98. The number of hydrogen-bond donors (Lipinski definition) is 0. The summed E-state index contributed by atoms with van der Waals surface area (Å²) in [6.07, 6.45) is 1.79. The van der Waals surface area contributed by atoms with Gasteiger partial charge in [-0.05, 0) is 5.41 Å². The summed E-state index contributed by atoms with van der Waals surface area (Å²) in [6, 6.07) is 0. The molecule has 0 spiro atoms. The van der Waals surface area contributed by atoms with Gasteiger partial charge in [0.15, 0.2) is 0 Å². The lowest BCUT2D eigenvalue weighted by molar-refractivity contribution is 1.14. The lowest BCUT2D eigenvalue weighted by Crippen LogP contribution is -2.16. The molecule has 0 saturated carbocycles. The first-order valence-corrected chi connectivity index (χ1v) is 27.9. The van der Waals surface area contributed by atoms with E-state index in [0.717, 1.165) is 119 Å². The van der Waals surface area contributed by atoms with Gasteiger partial charge in [-0.1, -0.05) is 0 Å². The SMILES string of the molecule is C1=C(c2nc(-c3nc(-c4nc(-c5nc(-c6nc(-c7nc(-c8nc(-c9nc(-c%10nc(-c%11nccs%11)cs%10)cs9)cs8)cs7)cs6)cs5)cs4)cs3)cs2)N(c2cscn2)CS1. The predicted molar refractivity (Wildman–Crippen MR) is 257 cm³/mol. The predicted octanol–water partition coefficient (Wildman–Crippen LogP) is 13.2. The van der Waals surface area contributed by atoms with Gasteiger partial charge in [0.05, 0.1) is 17.1 Å². The van der Waals surface area contributed by atoms with Crippen molar-refractivity contribution in [2.24, 2.45) is 0 Å². The minimum Gasteiger partial charge on any atom is -0.312 e. The van der Waals surface area contributed by atoms with Crippen LogP contribution in [0.3, 0.4) is 0 Å². The monoisotopic (exact) mass is 1000 g/mol. The first-order valence-electron chi connectivity index (χ1n) is 17.2. The van der Waals surface area contributed by atoms with Gasteiger partial charge in [0.1, 0.15) is 107 Å². The molecule has 0 radical (unpaired) electrons. The van der Waals surface area contributed by atoms with Gasteiger partial charge in [0.25, 0.3) is 0 Å². The number of rotatable bonds is 11. The Hall–Kier alpha value is -4.18. The Morgan fingerprint density at radius 2 is 0.717 bits per heavy atom. The molecule has 0 N–H and O–H groups in total. The van der Waals surface area contributed by atoms with Crippen LogP contribution in [0.1, 0.15) is 5.01 Å². The highest BCUT2D eigenvalue weighted by molar-refractivity contribution is 8.02. The Morgan fingerprint density at radius 1 is 0.367 bits per heavy atom. The third-order valence-electron chi connectivity index (χ3n) is 8.55. The number of aromatic nitrogens is 11. The highest BCUT2D eigenvalue weighted by Crippen LogP contribution is 2.41. The Morgan fingerprint density at radius 3 is 1.05 bits per heavy atom. The molecule has 12 nitrogen and oxygen atoms in total. The molecule has 1 aliphatic rings. The van der Waals surface area contributed by atoms with E-state index in [9.17, 15) is 0 Å². The Balaban J connectivity index is 0.710. The van der Waals surface area contributed by atoms with Gasteiger partial charge in [-0.2, -0.15) is 0 Å². The van der Waals surface area contributed by atoms with Crippen molar-refractivity contribution in [2.45, 2.75) is 0 Å². The van der Waals surface area contributed by atoms with E-state index in [0.29, 0.717) is 0 Å². The fourth-order valence-corrected chi connectivity index (χ4v) is 15.5. The van der Waals surface area contributed by atoms with Crippen molar-refractivity contribution in [3.05, 3.63) is 81.3 Å². The molecule has 11 aromatic heterocycles. The molecule has 0 aromatic carbocycles. The maximum atomic E-state index is 4.95. The van der Waals surface area contributed by atoms with E-state index in [-0.39, 0.29) is 0 Å². The van der Waals surface area contributed by atoms with E-state index >= 15 is 0 Å². The summed E-state index contributed by atoms with van der Waals surface area (Å²) in [6.45, 7) is 0. The second kappa shape index (κ2) is 15.9. The number of thiazole rings is 11. The van der Waals surface area contributed by atoms with E-state index in [1.807, 2.05) is 53.9 Å². The van der Waals surface area contributed by atoms with E-state index in [4.69, 9.17) is 44.9 Å². The van der Waals surface area contributed by atoms with Crippen LogP contribution in [0.2, 0.25) is 0 Å². The molecule has 0 unspecified atom stereocenters. The summed E-state index contributed by atoms with van der Waals surface area (Å²) >= 11 is 19.1. The molecule has 0 bridgehead atoms. The second-order valence-corrected chi connectivity index (χ2v) is 22.4. The molecule has 11 aromatic rings. The van der Waals surface area contributed by atoms with Crippen molar-refractivity contribution in [3.63, 3.8) is 0 Å². The largest absolute Gasteiger partial charge is 0.312 e. The lowest BCUT2D eigenvalue weighted by Gasteiger charge is -2.16. The van der Waals surface area contributed by atoms with Crippen molar-refractivity contribution < 1.29 is 0 Å². The van der Waals surface area contributed by atoms with Crippen LogP contribution in [-0.2, 0) is 0 Å². The zero-order chi connectivity index (χ0) is 39.6. The molecule has 0 saturated heterocycles. The summed E-state index contributed by atoms with van der Waals surface area (Å²) in [5.74, 6) is 1.79. The molecule has 24 heteroatoms. The van der Waals surface area contributed by atoms with Crippen LogP contribution in [0.15, 0.2) is 76.3 Å². The fraction of sp³-hybridized carbons (Fsp3) is 0.0278. The van der Waals surface area contributed by atoms with Crippen molar-refractivity contribution in [1.82, 2.24) is 54.8 Å². The highest BCUT2D eigenvalue weighted by Gasteiger charge is 2.24. The zero-order valence-electron chi connectivity index (χ0n) is 29.6. The minimum atomic E-state index is 0.820. The van der Waals surface area contributed by atoms with Gasteiger partial charge >= 0.3 is 0 Å². The van der Waals surface area contributed by atoms with Crippen LogP contribution >= 0.6 is 136 Å². The van der Waals surface area contributed by atoms with E-state index in [2.05, 4.69) is 31.0 Å². The number of hydrogen-bond acceptors (Lipinski definition) is 24. The summed E-state index contributed by atoms with van der Waals surface area (Å²) in [7, 11) is 0. The van der Waals surface area contributed by atoms with Crippen molar-refractivity contribution in [2.75, 3.05) is 10.8 Å². The summed E-state index contributed by atoms with van der Waals surface area (Å²) in [5.41, 5.74) is 10.5. The third kappa shape index (κ3) is 7.16. The molecule has 12 rings (SSSR count). The average molecular weight is 1000 g/mol. The van der Waals surface area contributed by atoms with Crippen LogP contribution < -0.4 is 4.90 Å². The van der Waals surface area contributed by atoms with Gasteiger partial charge in [-0.3, -0.25) is 0 Å². The zero-order valence-corrected chi connectivity index (χ0v) is 39.4. The van der Waals surface area contributed by atoms with Crippen molar-refractivity contribution in [1.29, 1.82) is 0 Å². The van der Waals surface area contributed by atoms with Gasteiger partial charge in [0.2, 0.25) is 0 Å². The number of nitrogens with zero attached hydrogens (tertiary/aromatic N) is 12. The first kappa shape index (κ1) is 37.6. The average Bonchev–Trinajstić information content (AvgIpc) is 4.14. The fourth-order valence-electron chi connectivity index (χ4n) is 5.78. The molecule has 0 amide bonds. The second-order valence-electron chi connectivity index (χ2n) is 12.3. The van der Waals surface area contributed by atoms with Crippen LogP contribution in [-0.4, -0.2) is 60.7 Å². The molecule has 60 heavy (non-hydrogen) atoms. The van der Waals surface area contributed by atoms with Gasteiger partial charge in [0, 0.05) is 65.4 Å². The lowest BCUT2D eigenvalue weighted by atomic mass is 10.4. The summed E-state index contributed by atoms with van der Waals surface area (Å²) in [4.78, 5) is 55.2. The Bertz CT molecular complexity index is 3270. The molecular weight excluding hydrogens is 985 g/mol. The van der Waals surface area contributed by atoms with Crippen molar-refractivity contribution >= 4 is 148 Å². The molecule has 0 fully saturated rings. The molecular formula is C36H16N12S12. The van der Waals surface area contributed by atoms with Crippen LogP contribution in [0, 0.1) is 0 Å². The van der Waals surface area contributed by atoms with E-state index < -0.39 is 0 Å².